The largest absolute Gasteiger partial charge is 0.496 e. The lowest BCUT2D eigenvalue weighted by atomic mass is 9.92. The van der Waals surface area contributed by atoms with Crippen molar-refractivity contribution in [2.24, 2.45) is 0 Å². The minimum absolute atomic E-state index is 0.132. The van der Waals surface area contributed by atoms with Crippen LogP contribution in [0.15, 0.2) is 48.7 Å². The number of methoxy groups -OCH3 is 2. The number of nitriles is 1. The maximum absolute atomic E-state index is 13.8. The van der Waals surface area contributed by atoms with Gasteiger partial charge in [0.1, 0.15) is 11.3 Å². The Morgan fingerprint density at radius 3 is 2.65 bits per heavy atom. The van der Waals surface area contributed by atoms with Crippen molar-refractivity contribution in [3.8, 4) is 17.7 Å². The zero-order valence-electron chi connectivity index (χ0n) is 21.6. The van der Waals surface area contributed by atoms with Gasteiger partial charge in [-0.15, -0.1) is 0 Å². The van der Waals surface area contributed by atoms with E-state index in [0.717, 1.165) is 11.6 Å². The third-order valence-electron chi connectivity index (χ3n) is 6.96. The third-order valence-corrected chi connectivity index (χ3v) is 8.06. The van der Waals surface area contributed by atoms with Crippen LogP contribution in [0.1, 0.15) is 32.7 Å². The molecule has 2 fully saturated rings. The average molecular weight is 557 g/mol. The lowest BCUT2D eigenvalue weighted by Crippen LogP contribution is -2.64. The number of carbonyl (C=O) groups excluding carboxylic acids is 2. The van der Waals surface area contributed by atoms with E-state index in [-0.39, 0.29) is 17.1 Å². The quantitative estimate of drug-likeness (QED) is 0.345. The molecule has 12 heteroatoms. The summed E-state index contributed by atoms with van der Waals surface area (Å²) in [5.74, 6) is -0.405. The van der Waals surface area contributed by atoms with Crippen molar-refractivity contribution in [2.75, 3.05) is 43.0 Å². The molecule has 0 spiro atoms. The summed E-state index contributed by atoms with van der Waals surface area (Å²) < 4.78 is 17.1. The molecule has 2 aromatic heterocycles. The summed E-state index contributed by atoms with van der Waals surface area (Å²) in [4.78, 5) is 38.3. The first-order chi connectivity index (χ1) is 19.5. The number of aromatic nitrogens is 2. The zero-order chi connectivity index (χ0) is 27.8. The summed E-state index contributed by atoms with van der Waals surface area (Å²) >= 11 is 1.43. The van der Waals surface area contributed by atoms with E-state index in [1.165, 1.54) is 37.8 Å². The van der Waals surface area contributed by atoms with Crippen LogP contribution in [0.25, 0.3) is 10.2 Å². The number of hydrogen-bond donors (Lipinski definition) is 2. The normalized spacial score (nSPS) is 17.5. The molecule has 6 rings (SSSR count). The Bertz CT molecular complexity index is 1670. The highest BCUT2D eigenvalue weighted by Crippen LogP contribution is 2.42. The fourth-order valence-corrected chi connectivity index (χ4v) is 6.24. The van der Waals surface area contributed by atoms with Gasteiger partial charge in [-0.3, -0.25) is 9.59 Å². The minimum Gasteiger partial charge on any atom is -0.496 e. The number of ether oxygens (including phenoxy) is 3. The fourth-order valence-electron chi connectivity index (χ4n) is 4.99. The number of hydrogen-bond acceptors (Lipinski definition) is 10. The Labute approximate surface area is 233 Å². The van der Waals surface area contributed by atoms with Crippen LogP contribution in [0.5, 0.6) is 11.6 Å². The lowest BCUT2D eigenvalue weighted by molar-refractivity contribution is 0.0103. The van der Waals surface area contributed by atoms with Crippen LogP contribution < -0.4 is 25.0 Å². The van der Waals surface area contributed by atoms with E-state index >= 15 is 0 Å². The van der Waals surface area contributed by atoms with Crippen molar-refractivity contribution in [1.82, 2.24) is 9.97 Å². The number of nitrogens with zero attached hydrogens (tertiary/aromatic N) is 4. The van der Waals surface area contributed by atoms with Crippen molar-refractivity contribution >= 4 is 49.9 Å². The smallest absolute Gasteiger partial charge is 0.261 e. The number of morpholine rings is 1. The number of fused-ring (bicyclic) bond motifs is 3. The van der Waals surface area contributed by atoms with E-state index in [2.05, 4.69) is 20.5 Å². The Morgan fingerprint density at radius 1 is 1.10 bits per heavy atom. The first kappa shape index (κ1) is 25.5. The van der Waals surface area contributed by atoms with Gasteiger partial charge in [0.15, 0.2) is 5.13 Å². The standard InChI is InChI=1S/C28H24N6O5S/c1-37-22-7-6-20-25(40-28(33-20)34-17-9-18(34)14-39-13-17)24(22)27(36)32-21-12-30-23(38-2)10-19(21)26(35)31-16-5-3-4-15(8-16)11-29/h3-8,10,12,17-18H,9,13-14H2,1-2H3,(H,31,35)(H,32,36). The Kier molecular flexibility index (Phi) is 6.67. The molecular formula is C28H24N6O5S. The van der Waals surface area contributed by atoms with Crippen LogP contribution in [0, 0.1) is 11.3 Å². The summed E-state index contributed by atoms with van der Waals surface area (Å²) in [6.07, 6.45) is 2.44. The van der Waals surface area contributed by atoms with Crippen LogP contribution in [0.2, 0.25) is 0 Å². The maximum Gasteiger partial charge on any atom is 0.261 e. The molecule has 2 aliphatic rings. The molecule has 0 aliphatic carbocycles. The molecule has 2 amide bonds. The van der Waals surface area contributed by atoms with Crippen molar-refractivity contribution in [2.45, 2.75) is 18.5 Å². The summed E-state index contributed by atoms with van der Waals surface area (Å²) in [6.45, 7) is 1.33. The number of thiazole rings is 1. The minimum atomic E-state index is -0.511. The second kappa shape index (κ2) is 10.4. The second-order valence-electron chi connectivity index (χ2n) is 9.35. The van der Waals surface area contributed by atoms with Gasteiger partial charge in [-0.2, -0.15) is 5.26 Å². The monoisotopic (exact) mass is 556 g/mol. The topological polar surface area (TPSA) is 139 Å². The number of carbonyl (C=O) groups is 2. The van der Waals surface area contributed by atoms with E-state index < -0.39 is 11.8 Å². The van der Waals surface area contributed by atoms with E-state index in [1.807, 2.05) is 12.1 Å². The molecule has 0 saturated carbocycles. The number of rotatable bonds is 7. The van der Waals surface area contributed by atoms with Gasteiger partial charge < -0.3 is 29.7 Å². The third kappa shape index (κ3) is 4.55. The molecule has 2 N–H and O–H groups in total. The number of anilines is 3. The highest BCUT2D eigenvalue weighted by molar-refractivity contribution is 7.22. The molecule has 4 heterocycles. The molecular weight excluding hydrogens is 532 g/mol. The number of nitrogens with one attached hydrogen (secondary N) is 2. The van der Waals surface area contributed by atoms with Crippen LogP contribution in [0.3, 0.4) is 0 Å². The molecule has 2 unspecified atom stereocenters. The number of pyridine rings is 1. The van der Waals surface area contributed by atoms with Crippen LogP contribution in [0.4, 0.5) is 16.5 Å². The van der Waals surface area contributed by atoms with E-state index in [0.29, 0.717) is 58.1 Å². The molecule has 11 nitrogen and oxygen atoms in total. The molecule has 40 heavy (non-hydrogen) atoms. The Hall–Kier alpha value is -4.73. The van der Waals surface area contributed by atoms with Gasteiger partial charge >= 0.3 is 0 Å². The van der Waals surface area contributed by atoms with Gasteiger partial charge in [-0.1, -0.05) is 17.4 Å². The Balaban J connectivity index is 1.33. The van der Waals surface area contributed by atoms with Crippen molar-refractivity contribution < 1.29 is 23.8 Å². The zero-order valence-corrected chi connectivity index (χ0v) is 22.4. The summed E-state index contributed by atoms with van der Waals surface area (Å²) in [6, 6.07) is 14.1. The van der Waals surface area contributed by atoms with Crippen molar-refractivity contribution in [3.05, 3.63) is 65.4 Å². The molecule has 4 aromatic rings. The molecule has 2 saturated heterocycles. The van der Waals surface area contributed by atoms with Crippen LogP contribution in [-0.4, -0.2) is 61.3 Å². The summed E-state index contributed by atoms with van der Waals surface area (Å²) in [7, 11) is 2.93. The predicted molar refractivity (Wildman–Crippen MR) is 150 cm³/mol. The lowest BCUT2D eigenvalue weighted by Gasteiger charge is -2.52. The Morgan fingerprint density at radius 2 is 1.93 bits per heavy atom. The summed E-state index contributed by atoms with van der Waals surface area (Å²) in [5, 5.41) is 15.6. The SMILES string of the molecule is COc1cc(C(=O)Nc2cccc(C#N)c2)c(NC(=O)c2c(OC)ccc3nc(N4C5COCC4C5)sc23)cn1. The predicted octanol–water partition coefficient (Wildman–Crippen LogP) is 4.06. The molecule has 2 aliphatic heterocycles. The molecule has 2 aromatic carbocycles. The van der Waals surface area contributed by atoms with E-state index in [9.17, 15) is 14.9 Å². The van der Waals surface area contributed by atoms with E-state index in [1.54, 1.807) is 30.3 Å². The maximum atomic E-state index is 13.8. The van der Waals surface area contributed by atoms with Crippen molar-refractivity contribution in [1.29, 1.82) is 5.26 Å². The van der Waals surface area contributed by atoms with Gasteiger partial charge in [-0.25, -0.2) is 9.97 Å². The number of benzene rings is 2. The van der Waals surface area contributed by atoms with Gasteiger partial charge in [0, 0.05) is 11.8 Å². The second-order valence-corrected chi connectivity index (χ2v) is 10.3. The highest BCUT2D eigenvalue weighted by Gasteiger charge is 2.44. The van der Waals surface area contributed by atoms with Crippen LogP contribution in [-0.2, 0) is 4.74 Å². The van der Waals surface area contributed by atoms with E-state index in [4.69, 9.17) is 19.2 Å². The fraction of sp³-hybridized carbons (Fsp3) is 0.250. The molecule has 202 valence electrons. The first-order valence-electron chi connectivity index (χ1n) is 12.5. The average Bonchev–Trinajstić information content (AvgIpc) is 3.40. The van der Waals surface area contributed by atoms with Gasteiger partial charge in [0.05, 0.1) is 78.8 Å². The highest BCUT2D eigenvalue weighted by atomic mass is 32.1. The summed E-state index contributed by atoms with van der Waals surface area (Å²) in [5.41, 5.74) is 2.14. The van der Waals surface area contributed by atoms with Gasteiger partial charge in [-0.05, 0) is 36.8 Å². The van der Waals surface area contributed by atoms with Gasteiger partial charge in [0.25, 0.3) is 11.8 Å². The number of amides is 2. The first-order valence-corrected chi connectivity index (χ1v) is 13.3. The van der Waals surface area contributed by atoms with Gasteiger partial charge in [0.2, 0.25) is 5.88 Å². The molecule has 0 radical (unpaired) electrons. The molecule has 2 atom stereocenters. The van der Waals surface area contributed by atoms with Crippen LogP contribution >= 0.6 is 11.3 Å². The van der Waals surface area contributed by atoms with Crippen molar-refractivity contribution in [3.63, 3.8) is 0 Å². The molecule has 2 bridgehead atoms.